The average molecular weight is 263 g/mol. The Hall–Kier alpha value is -1.94. The number of aromatic hydroxyl groups is 1. The van der Waals surface area contributed by atoms with Gasteiger partial charge < -0.3 is 10.4 Å². The van der Waals surface area contributed by atoms with Gasteiger partial charge in [-0.3, -0.25) is 0 Å². The van der Waals surface area contributed by atoms with Gasteiger partial charge in [-0.1, -0.05) is 42.5 Å². The molecule has 0 radical (unpaired) electrons. The molecule has 0 heterocycles. The van der Waals surface area contributed by atoms with Gasteiger partial charge in [0, 0.05) is 0 Å². The van der Waals surface area contributed by atoms with Gasteiger partial charge in [0.2, 0.25) is 0 Å². The first-order valence-electron chi connectivity index (χ1n) is 6.02. The van der Waals surface area contributed by atoms with Crippen molar-refractivity contribution in [1.29, 1.82) is 0 Å². The van der Waals surface area contributed by atoms with Gasteiger partial charge in [0.1, 0.15) is 5.75 Å². The molecule has 2 aromatic rings. The maximum atomic E-state index is 12.4. The van der Waals surface area contributed by atoms with Crippen LogP contribution in [-0.2, 0) is 0 Å². The van der Waals surface area contributed by atoms with Crippen LogP contribution >= 0.6 is 0 Å². The van der Waals surface area contributed by atoms with E-state index >= 15 is 0 Å². The fraction of sp³-hybridized carbons (Fsp3) is 0.200. The highest BCUT2D eigenvalue weighted by Gasteiger charge is 2.15. The molecule has 1 atom stereocenters. The van der Waals surface area contributed by atoms with Gasteiger partial charge in [0.05, 0.1) is 12.6 Å². The van der Waals surface area contributed by atoms with Gasteiger partial charge in [-0.05, 0) is 23.3 Å². The SMILES string of the molecule is Oc1ccc(C(NCC(F)F)c2ccccc2)cc1. The molecule has 1 unspecified atom stereocenters. The highest BCUT2D eigenvalue weighted by molar-refractivity contribution is 5.34. The number of nitrogens with one attached hydrogen (secondary N) is 1. The van der Waals surface area contributed by atoms with Crippen LogP contribution in [0.1, 0.15) is 17.2 Å². The topological polar surface area (TPSA) is 32.3 Å². The molecule has 0 spiro atoms. The fourth-order valence-corrected chi connectivity index (χ4v) is 1.95. The molecule has 0 aliphatic heterocycles. The van der Waals surface area contributed by atoms with Crippen LogP contribution in [0.4, 0.5) is 8.78 Å². The largest absolute Gasteiger partial charge is 0.508 e. The summed E-state index contributed by atoms with van der Waals surface area (Å²) in [6.45, 7) is -0.375. The molecule has 100 valence electrons. The van der Waals surface area contributed by atoms with Crippen molar-refractivity contribution in [2.24, 2.45) is 0 Å². The molecule has 0 aliphatic carbocycles. The van der Waals surface area contributed by atoms with Crippen LogP contribution in [0, 0.1) is 0 Å². The number of benzene rings is 2. The number of hydrogen-bond donors (Lipinski definition) is 2. The summed E-state index contributed by atoms with van der Waals surface area (Å²) < 4.78 is 24.8. The minimum Gasteiger partial charge on any atom is -0.508 e. The lowest BCUT2D eigenvalue weighted by Crippen LogP contribution is -2.27. The second-order valence-corrected chi connectivity index (χ2v) is 4.23. The second kappa shape index (κ2) is 6.29. The zero-order valence-electron chi connectivity index (χ0n) is 10.3. The highest BCUT2D eigenvalue weighted by atomic mass is 19.3. The van der Waals surface area contributed by atoms with Crippen LogP contribution in [0.25, 0.3) is 0 Å². The maximum absolute atomic E-state index is 12.4. The molecule has 2 N–H and O–H groups in total. The molecule has 0 aliphatic rings. The minimum atomic E-state index is -2.40. The van der Waals surface area contributed by atoms with Crippen molar-refractivity contribution in [1.82, 2.24) is 5.32 Å². The van der Waals surface area contributed by atoms with Crippen LogP contribution in [0.3, 0.4) is 0 Å². The standard InChI is InChI=1S/C15H15F2NO/c16-14(17)10-18-15(11-4-2-1-3-5-11)12-6-8-13(19)9-7-12/h1-9,14-15,18-19H,10H2. The number of phenols is 1. The quantitative estimate of drug-likeness (QED) is 0.867. The van der Waals surface area contributed by atoms with Crippen molar-refractivity contribution >= 4 is 0 Å². The third kappa shape index (κ3) is 3.76. The molecule has 0 saturated heterocycles. The van der Waals surface area contributed by atoms with Crippen molar-refractivity contribution < 1.29 is 13.9 Å². The Bertz CT molecular complexity index is 499. The Kier molecular flexibility index (Phi) is 4.47. The summed E-state index contributed by atoms with van der Waals surface area (Å²) in [7, 11) is 0. The number of hydrogen-bond acceptors (Lipinski definition) is 2. The van der Waals surface area contributed by atoms with Crippen LogP contribution < -0.4 is 5.32 Å². The lowest BCUT2D eigenvalue weighted by atomic mass is 9.98. The zero-order chi connectivity index (χ0) is 13.7. The van der Waals surface area contributed by atoms with E-state index in [4.69, 9.17) is 0 Å². The van der Waals surface area contributed by atoms with E-state index in [1.54, 1.807) is 24.3 Å². The Morgan fingerprint density at radius 2 is 1.47 bits per heavy atom. The lowest BCUT2D eigenvalue weighted by molar-refractivity contribution is 0.143. The highest BCUT2D eigenvalue weighted by Crippen LogP contribution is 2.23. The van der Waals surface area contributed by atoms with Gasteiger partial charge in [-0.2, -0.15) is 0 Å². The molecular formula is C15H15F2NO. The maximum Gasteiger partial charge on any atom is 0.250 e. The summed E-state index contributed by atoms with van der Waals surface area (Å²) >= 11 is 0. The molecular weight excluding hydrogens is 248 g/mol. The predicted octanol–water partition coefficient (Wildman–Crippen LogP) is 3.34. The molecule has 0 saturated carbocycles. The monoisotopic (exact) mass is 263 g/mol. The third-order valence-electron chi connectivity index (χ3n) is 2.84. The van der Waals surface area contributed by atoms with Crippen molar-refractivity contribution in [3.05, 3.63) is 65.7 Å². The van der Waals surface area contributed by atoms with E-state index < -0.39 is 6.43 Å². The molecule has 0 aromatic heterocycles. The normalized spacial score (nSPS) is 12.6. The summed E-state index contributed by atoms with van der Waals surface area (Å²) in [5, 5.41) is 12.1. The third-order valence-corrected chi connectivity index (χ3v) is 2.84. The summed E-state index contributed by atoms with van der Waals surface area (Å²) in [6, 6.07) is 15.6. The zero-order valence-corrected chi connectivity index (χ0v) is 10.3. The first-order chi connectivity index (χ1) is 9.16. The van der Waals surface area contributed by atoms with Gasteiger partial charge >= 0.3 is 0 Å². The number of halogens is 2. The van der Waals surface area contributed by atoms with Crippen LogP contribution in [0.5, 0.6) is 5.75 Å². The van der Waals surface area contributed by atoms with E-state index in [0.29, 0.717) is 0 Å². The van der Waals surface area contributed by atoms with Crippen LogP contribution in [-0.4, -0.2) is 18.1 Å². The van der Waals surface area contributed by atoms with Gasteiger partial charge in [0.25, 0.3) is 6.43 Å². The summed E-state index contributed by atoms with van der Waals surface area (Å²) in [5.41, 5.74) is 1.75. The number of alkyl halides is 2. The number of phenolic OH excluding ortho intramolecular Hbond substituents is 1. The smallest absolute Gasteiger partial charge is 0.250 e. The summed E-state index contributed by atoms with van der Waals surface area (Å²) in [6.07, 6.45) is -2.40. The van der Waals surface area contributed by atoms with E-state index in [1.807, 2.05) is 30.3 Å². The molecule has 0 amide bonds. The van der Waals surface area contributed by atoms with E-state index in [1.165, 1.54) is 0 Å². The predicted molar refractivity (Wildman–Crippen MR) is 70.4 cm³/mol. The van der Waals surface area contributed by atoms with Crippen molar-refractivity contribution in [3.63, 3.8) is 0 Å². The Morgan fingerprint density at radius 3 is 2.05 bits per heavy atom. The average Bonchev–Trinajstić information content (AvgIpc) is 2.42. The second-order valence-electron chi connectivity index (χ2n) is 4.23. The van der Waals surface area contributed by atoms with Crippen LogP contribution in [0.2, 0.25) is 0 Å². The van der Waals surface area contributed by atoms with Crippen molar-refractivity contribution in [2.75, 3.05) is 6.54 Å². The first kappa shape index (κ1) is 13.5. The number of rotatable bonds is 5. The molecule has 4 heteroatoms. The van der Waals surface area contributed by atoms with Crippen molar-refractivity contribution in [3.8, 4) is 5.75 Å². The van der Waals surface area contributed by atoms with E-state index in [9.17, 15) is 13.9 Å². The molecule has 2 rings (SSSR count). The van der Waals surface area contributed by atoms with E-state index in [0.717, 1.165) is 11.1 Å². The first-order valence-corrected chi connectivity index (χ1v) is 6.02. The molecule has 2 nitrogen and oxygen atoms in total. The fourth-order valence-electron chi connectivity index (χ4n) is 1.95. The molecule has 0 fully saturated rings. The summed E-state index contributed by atoms with van der Waals surface area (Å²) in [5.74, 6) is 0.157. The Morgan fingerprint density at radius 1 is 0.895 bits per heavy atom. The van der Waals surface area contributed by atoms with Gasteiger partial charge in [-0.25, -0.2) is 8.78 Å². The molecule has 0 bridgehead atoms. The molecule has 2 aromatic carbocycles. The van der Waals surface area contributed by atoms with E-state index in [2.05, 4.69) is 5.32 Å². The molecule has 19 heavy (non-hydrogen) atoms. The van der Waals surface area contributed by atoms with Gasteiger partial charge in [-0.15, -0.1) is 0 Å². The van der Waals surface area contributed by atoms with Crippen LogP contribution in [0.15, 0.2) is 54.6 Å². The summed E-state index contributed by atoms with van der Waals surface area (Å²) in [4.78, 5) is 0. The minimum absolute atomic E-state index is 0.157. The van der Waals surface area contributed by atoms with Gasteiger partial charge in [0.15, 0.2) is 0 Å². The lowest BCUT2D eigenvalue weighted by Gasteiger charge is -2.19. The Labute approximate surface area is 110 Å². The van der Waals surface area contributed by atoms with E-state index in [-0.39, 0.29) is 18.3 Å². The van der Waals surface area contributed by atoms with Crippen molar-refractivity contribution in [2.45, 2.75) is 12.5 Å². The Balaban J connectivity index is 2.26.